The minimum absolute atomic E-state index is 0.0660. The Kier molecular flexibility index (Phi) is 5.77. The first-order chi connectivity index (χ1) is 14.2. The standard InChI is InChI=1S/C24H22FN3O/c1-2-17-11-13-18(14-12-17)23(20-9-6-10-21(25)15-20)26-16-22-27-24(28-29-22)19-7-4-3-5-8-19/h3-15,23,26H,2,16H2,1H3/p+1/t23-/m1/s1. The van der Waals surface area contributed by atoms with E-state index in [9.17, 15) is 4.39 Å². The Morgan fingerprint density at radius 1 is 0.931 bits per heavy atom. The van der Waals surface area contributed by atoms with Gasteiger partial charge in [0.2, 0.25) is 5.82 Å². The monoisotopic (exact) mass is 388 g/mol. The molecule has 4 nitrogen and oxygen atoms in total. The third-order valence-electron chi connectivity index (χ3n) is 4.98. The van der Waals surface area contributed by atoms with Gasteiger partial charge in [0.15, 0.2) is 6.54 Å². The van der Waals surface area contributed by atoms with Crippen LogP contribution in [0.2, 0.25) is 0 Å². The fourth-order valence-corrected chi connectivity index (χ4v) is 3.39. The first-order valence-corrected chi connectivity index (χ1v) is 9.78. The number of hydrogen-bond acceptors (Lipinski definition) is 3. The van der Waals surface area contributed by atoms with Crippen molar-refractivity contribution < 1.29 is 14.2 Å². The molecular weight excluding hydrogens is 365 g/mol. The molecule has 0 fully saturated rings. The molecule has 1 heterocycles. The van der Waals surface area contributed by atoms with Gasteiger partial charge in [-0.2, -0.15) is 4.98 Å². The smallest absolute Gasteiger partial charge is 0.282 e. The van der Waals surface area contributed by atoms with Gasteiger partial charge in [0.05, 0.1) is 0 Å². The molecule has 1 aromatic heterocycles. The van der Waals surface area contributed by atoms with Gasteiger partial charge in [0.25, 0.3) is 5.89 Å². The molecule has 0 aliphatic rings. The van der Waals surface area contributed by atoms with Crippen LogP contribution in [0.15, 0.2) is 83.4 Å². The maximum absolute atomic E-state index is 13.9. The second kappa shape index (κ2) is 8.80. The summed E-state index contributed by atoms with van der Waals surface area (Å²) >= 11 is 0. The van der Waals surface area contributed by atoms with E-state index in [0.717, 1.165) is 23.1 Å². The Labute approximate surface area is 169 Å². The highest BCUT2D eigenvalue weighted by Crippen LogP contribution is 2.21. The molecule has 0 aliphatic heterocycles. The van der Waals surface area contributed by atoms with Crippen molar-refractivity contribution in [2.75, 3.05) is 0 Å². The van der Waals surface area contributed by atoms with E-state index in [1.54, 1.807) is 12.1 Å². The Hall–Kier alpha value is -3.31. The van der Waals surface area contributed by atoms with Gasteiger partial charge in [-0.1, -0.05) is 78.8 Å². The summed E-state index contributed by atoms with van der Waals surface area (Å²) in [5.74, 6) is 0.870. The van der Waals surface area contributed by atoms with Gasteiger partial charge >= 0.3 is 0 Å². The molecule has 3 aromatic carbocycles. The Morgan fingerprint density at radius 3 is 2.45 bits per heavy atom. The number of quaternary nitrogens is 1. The molecular formula is C24H23FN3O+. The first kappa shape index (κ1) is 19.0. The van der Waals surface area contributed by atoms with Crippen molar-refractivity contribution in [2.24, 2.45) is 0 Å². The van der Waals surface area contributed by atoms with E-state index in [2.05, 4.69) is 46.6 Å². The summed E-state index contributed by atoms with van der Waals surface area (Å²) in [4.78, 5) is 4.50. The molecule has 0 aliphatic carbocycles. The number of nitrogens with two attached hydrogens (primary N) is 1. The highest BCUT2D eigenvalue weighted by molar-refractivity contribution is 5.53. The van der Waals surface area contributed by atoms with Crippen molar-refractivity contribution in [2.45, 2.75) is 25.9 Å². The lowest BCUT2D eigenvalue weighted by Crippen LogP contribution is -2.84. The average Bonchev–Trinajstić information content (AvgIpc) is 3.24. The maximum Gasteiger partial charge on any atom is 0.282 e. The lowest BCUT2D eigenvalue weighted by molar-refractivity contribution is -0.704. The number of aromatic nitrogens is 2. The second-order valence-corrected chi connectivity index (χ2v) is 6.95. The summed E-state index contributed by atoms with van der Waals surface area (Å²) in [5.41, 5.74) is 4.20. The van der Waals surface area contributed by atoms with Gasteiger partial charge in [-0.3, -0.25) is 0 Å². The molecule has 5 heteroatoms. The van der Waals surface area contributed by atoms with Crippen LogP contribution in [0.4, 0.5) is 4.39 Å². The predicted molar refractivity (Wildman–Crippen MR) is 109 cm³/mol. The van der Waals surface area contributed by atoms with Crippen molar-refractivity contribution in [1.29, 1.82) is 0 Å². The van der Waals surface area contributed by atoms with Crippen molar-refractivity contribution in [3.05, 3.63) is 107 Å². The third-order valence-corrected chi connectivity index (χ3v) is 4.98. The zero-order valence-corrected chi connectivity index (χ0v) is 16.3. The molecule has 0 amide bonds. The summed E-state index contributed by atoms with van der Waals surface area (Å²) in [6.45, 7) is 2.63. The van der Waals surface area contributed by atoms with E-state index < -0.39 is 0 Å². The van der Waals surface area contributed by atoms with Crippen molar-refractivity contribution in [3.8, 4) is 11.4 Å². The molecule has 0 radical (unpaired) electrons. The fourth-order valence-electron chi connectivity index (χ4n) is 3.39. The highest BCUT2D eigenvalue weighted by atomic mass is 19.1. The molecule has 4 rings (SSSR count). The molecule has 0 bridgehead atoms. The lowest BCUT2D eigenvalue weighted by atomic mass is 9.97. The molecule has 0 saturated carbocycles. The molecule has 146 valence electrons. The van der Waals surface area contributed by atoms with Crippen LogP contribution >= 0.6 is 0 Å². The molecule has 4 aromatic rings. The van der Waals surface area contributed by atoms with Gasteiger partial charge in [-0.25, -0.2) is 4.39 Å². The zero-order valence-electron chi connectivity index (χ0n) is 16.3. The van der Waals surface area contributed by atoms with E-state index >= 15 is 0 Å². The van der Waals surface area contributed by atoms with Crippen LogP contribution in [0, 0.1) is 5.82 Å². The van der Waals surface area contributed by atoms with E-state index in [0.29, 0.717) is 18.3 Å². The van der Waals surface area contributed by atoms with E-state index in [1.165, 1.54) is 11.6 Å². The van der Waals surface area contributed by atoms with Gasteiger partial charge in [0.1, 0.15) is 11.9 Å². The van der Waals surface area contributed by atoms with Crippen molar-refractivity contribution in [3.63, 3.8) is 0 Å². The fraction of sp³-hybridized carbons (Fsp3) is 0.167. The topological polar surface area (TPSA) is 55.5 Å². The highest BCUT2D eigenvalue weighted by Gasteiger charge is 2.20. The van der Waals surface area contributed by atoms with E-state index in [4.69, 9.17) is 4.52 Å². The molecule has 0 spiro atoms. The SMILES string of the molecule is CCc1ccc([C@@H]([NH2+]Cc2nc(-c3ccccc3)no2)c2cccc(F)c2)cc1. The van der Waals surface area contributed by atoms with Crippen LogP contribution in [-0.4, -0.2) is 10.1 Å². The van der Waals surface area contributed by atoms with Crippen LogP contribution in [0.25, 0.3) is 11.4 Å². The number of benzene rings is 3. The third kappa shape index (κ3) is 4.58. The van der Waals surface area contributed by atoms with E-state index in [1.807, 2.05) is 36.4 Å². The summed E-state index contributed by atoms with van der Waals surface area (Å²) in [6.07, 6.45) is 0.985. The van der Waals surface area contributed by atoms with Gasteiger partial charge in [-0.15, -0.1) is 0 Å². The van der Waals surface area contributed by atoms with Crippen molar-refractivity contribution in [1.82, 2.24) is 10.1 Å². The van der Waals surface area contributed by atoms with Crippen LogP contribution in [0.5, 0.6) is 0 Å². The predicted octanol–water partition coefficient (Wildman–Crippen LogP) is 4.29. The summed E-state index contributed by atoms with van der Waals surface area (Å²) in [5, 5.41) is 6.18. The second-order valence-electron chi connectivity index (χ2n) is 6.95. The first-order valence-electron chi connectivity index (χ1n) is 9.78. The van der Waals surface area contributed by atoms with Crippen LogP contribution in [0.1, 0.15) is 35.5 Å². The maximum atomic E-state index is 13.9. The average molecular weight is 388 g/mol. The number of halogens is 1. The Balaban J connectivity index is 1.56. The summed E-state index contributed by atoms with van der Waals surface area (Å²) in [7, 11) is 0. The van der Waals surface area contributed by atoms with Gasteiger partial charge in [-0.05, 0) is 24.1 Å². The van der Waals surface area contributed by atoms with Gasteiger partial charge in [0, 0.05) is 16.7 Å². The largest absolute Gasteiger partial charge is 0.333 e. The molecule has 1 atom stereocenters. The van der Waals surface area contributed by atoms with Gasteiger partial charge < -0.3 is 9.84 Å². The number of hydrogen-bond donors (Lipinski definition) is 1. The molecule has 2 N–H and O–H groups in total. The Morgan fingerprint density at radius 2 is 1.72 bits per heavy atom. The number of nitrogens with zero attached hydrogens (tertiary/aromatic N) is 2. The minimum atomic E-state index is -0.241. The summed E-state index contributed by atoms with van der Waals surface area (Å²) < 4.78 is 19.3. The minimum Gasteiger partial charge on any atom is -0.333 e. The molecule has 29 heavy (non-hydrogen) atoms. The van der Waals surface area contributed by atoms with Crippen LogP contribution in [0.3, 0.4) is 0 Å². The molecule has 0 unspecified atom stereocenters. The summed E-state index contributed by atoms with van der Waals surface area (Å²) in [6, 6.07) is 24.8. The van der Waals surface area contributed by atoms with Crippen molar-refractivity contribution >= 4 is 0 Å². The van der Waals surface area contributed by atoms with Crippen LogP contribution in [-0.2, 0) is 13.0 Å². The van der Waals surface area contributed by atoms with E-state index in [-0.39, 0.29) is 11.9 Å². The Bertz CT molecular complexity index is 1060. The number of rotatable bonds is 7. The number of aryl methyl sites for hydroxylation is 1. The quantitative estimate of drug-likeness (QED) is 0.514. The zero-order chi connectivity index (χ0) is 20.1. The molecule has 0 saturated heterocycles. The van der Waals surface area contributed by atoms with Crippen LogP contribution < -0.4 is 5.32 Å². The lowest BCUT2D eigenvalue weighted by Gasteiger charge is -2.16. The normalized spacial score (nSPS) is 12.1.